The van der Waals surface area contributed by atoms with Crippen LogP contribution in [0.5, 0.6) is 5.75 Å². The normalized spacial score (nSPS) is 19.9. The third-order valence-electron chi connectivity index (χ3n) is 13.4. The number of nitrogens with zero attached hydrogens (tertiary/aromatic N) is 5. The molecular formula is C47H60N6O7. The highest BCUT2D eigenvalue weighted by atomic mass is 16.6. The van der Waals surface area contributed by atoms with E-state index in [1.54, 1.807) is 4.90 Å². The van der Waals surface area contributed by atoms with E-state index in [-0.39, 0.29) is 36.1 Å². The predicted octanol–water partition coefficient (Wildman–Crippen LogP) is 5.45. The van der Waals surface area contributed by atoms with E-state index < -0.39 is 12.2 Å². The Morgan fingerprint density at radius 3 is 2.20 bits per heavy atom. The number of aromatic hydroxyl groups is 1. The number of aryl methyl sites for hydroxylation is 4. The maximum atomic E-state index is 14.3. The maximum absolute atomic E-state index is 14.3. The number of phenolic OH excluding ortho intramolecular Hbond substituents is 1. The summed E-state index contributed by atoms with van der Waals surface area (Å²) in [5, 5.41) is 13.5. The smallest absolute Gasteiger partial charge is 0.410 e. The fraction of sp³-hybridized carbons (Fsp3) is 0.532. The average molecular weight is 821 g/mol. The number of hydrogen-bond acceptors (Lipinski definition) is 9. The quantitative estimate of drug-likeness (QED) is 0.256. The lowest BCUT2D eigenvalue weighted by Gasteiger charge is -2.43. The fourth-order valence-electron chi connectivity index (χ4n) is 9.91. The Kier molecular flexibility index (Phi) is 12.9. The van der Waals surface area contributed by atoms with Gasteiger partial charge in [-0.25, -0.2) is 9.59 Å². The molecule has 5 aliphatic rings. The SMILES string of the molecule is Cc1cc(C[C@@H](OC(=O)N2CCC(N3CCc4ccccc4NC3=O)CC2)C(=O)N2CCN(C3CCN(CC(=O)OCc4ccc5c(c4)CCC5)CC3)CC2)cc(C)c1O. The topological polar surface area (TPSA) is 135 Å². The number of phenols is 1. The maximum Gasteiger partial charge on any atom is 0.410 e. The molecule has 8 rings (SSSR count). The largest absolute Gasteiger partial charge is 0.507 e. The first-order valence-corrected chi connectivity index (χ1v) is 22.0. The Hall–Kier alpha value is -5.14. The molecule has 3 aromatic rings. The number of fused-ring (bicyclic) bond motifs is 2. The van der Waals surface area contributed by atoms with Gasteiger partial charge >= 0.3 is 18.1 Å². The molecular weight excluding hydrogens is 761 g/mol. The standard InChI is InChI=1S/C47H60N6O7/c1-32-26-35(27-33(2)44(32)55)29-42(60-47(58)52-19-15-40(16-20-52)53-21-12-37-6-3-4-9-41(37)48-46(53)57)45(56)51-24-22-50(23-25-51)39-13-17-49(18-14-39)30-43(54)59-31-34-10-11-36-7-5-8-38(36)28-34/h3-4,6,9-11,26-28,39-40,42,55H,5,7-8,12-25,29-31H2,1-2H3,(H,48,57)/t42-/m1/s1. The molecule has 4 amide bonds. The van der Waals surface area contributed by atoms with Gasteiger partial charge in [0.25, 0.3) is 5.91 Å². The number of benzene rings is 3. The number of rotatable bonds is 10. The highest BCUT2D eigenvalue weighted by molar-refractivity contribution is 5.91. The molecule has 13 nitrogen and oxygen atoms in total. The second kappa shape index (κ2) is 18.6. The Morgan fingerprint density at radius 2 is 1.45 bits per heavy atom. The zero-order valence-electron chi connectivity index (χ0n) is 35.2. The average Bonchev–Trinajstić information content (AvgIpc) is 3.66. The van der Waals surface area contributed by atoms with Crippen molar-refractivity contribution >= 4 is 29.7 Å². The minimum atomic E-state index is -1.02. The van der Waals surface area contributed by atoms with Crippen LogP contribution in [0.15, 0.2) is 54.6 Å². The van der Waals surface area contributed by atoms with Crippen LogP contribution in [0.1, 0.15) is 71.0 Å². The number of carbonyl (C=O) groups is 4. The Morgan fingerprint density at radius 1 is 0.750 bits per heavy atom. The highest BCUT2D eigenvalue weighted by Gasteiger charge is 2.37. The molecule has 3 fully saturated rings. The number of piperazine rings is 1. The Balaban J connectivity index is 0.819. The van der Waals surface area contributed by atoms with Crippen molar-refractivity contribution in [1.82, 2.24) is 24.5 Å². The molecule has 0 unspecified atom stereocenters. The third kappa shape index (κ3) is 9.73. The monoisotopic (exact) mass is 820 g/mol. The lowest BCUT2D eigenvalue weighted by Crippen LogP contribution is -2.57. The van der Waals surface area contributed by atoms with Crippen LogP contribution in [0.4, 0.5) is 15.3 Å². The first-order chi connectivity index (χ1) is 29.1. The number of anilines is 1. The van der Waals surface area contributed by atoms with Gasteiger partial charge in [-0.1, -0.05) is 48.5 Å². The van der Waals surface area contributed by atoms with Gasteiger partial charge in [0.1, 0.15) is 12.4 Å². The minimum absolute atomic E-state index is 0.00544. The molecule has 0 aromatic heterocycles. The summed E-state index contributed by atoms with van der Waals surface area (Å²) in [5.74, 6) is -0.182. The predicted molar refractivity (Wildman–Crippen MR) is 228 cm³/mol. The van der Waals surface area contributed by atoms with Gasteiger partial charge in [0.15, 0.2) is 6.10 Å². The van der Waals surface area contributed by atoms with Crippen LogP contribution in [0.25, 0.3) is 0 Å². The molecule has 4 heterocycles. The second-order valence-electron chi connectivity index (χ2n) is 17.4. The van der Waals surface area contributed by atoms with Crippen molar-refractivity contribution in [2.24, 2.45) is 0 Å². The number of likely N-dealkylation sites (tertiary alicyclic amines) is 2. The summed E-state index contributed by atoms with van der Waals surface area (Å²) < 4.78 is 11.8. The number of nitrogens with one attached hydrogen (secondary N) is 1. The number of esters is 1. The van der Waals surface area contributed by atoms with E-state index in [2.05, 4.69) is 33.3 Å². The minimum Gasteiger partial charge on any atom is -0.507 e. The van der Waals surface area contributed by atoms with Gasteiger partial charge in [-0.2, -0.15) is 0 Å². The van der Waals surface area contributed by atoms with E-state index in [9.17, 15) is 24.3 Å². The van der Waals surface area contributed by atoms with Gasteiger partial charge in [-0.15, -0.1) is 0 Å². The molecule has 60 heavy (non-hydrogen) atoms. The number of para-hydroxylation sites is 1. The van der Waals surface area contributed by atoms with Crippen molar-refractivity contribution in [1.29, 1.82) is 0 Å². The molecule has 2 N–H and O–H groups in total. The lowest BCUT2D eigenvalue weighted by atomic mass is 10.00. The van der Waals surface area contributed by atoms with Gasteiger partial charge in [-0.05, 0) is 110 Å². The van der Waals surface area contributed by atoms with Crippen molar-refractivity contribution in [2.75, 3.05) is 70.8 Å². The first kappa shape index (κ1) is 41.6. The van der Waals surface area contributed by atoms with E-state index in [4.69, 9.17) is 9.47 Å². The number of hydrogen-bond donors (Lipinski definition) is 2. The number of ether oxygens (including phenoxy) is 2. The Bertz CT molecular complexity index is 2030. The first-order valence-electron chi connectivity index (χ1n) is 22.0. The molecule has 320 valence electrons. The van der Waals surface area contributed by atoms with Crippen LogP contribution < -0.4 is 5.32 Å². The number of carbonyl (C=O) groups excluding carboxylic acids is 4. The molecule has 13 heteroatoms. The zero-order chi connectivity index (χ0) is 41.8. The number of urea groups is 1. The van der Waals surface area contributed by atoms with Crippen LogP contribution in [-0.2, 0) is 51.4 Å². The summed E-state index contributed by atoms with van der Waals surface area (Å²) in [7, 11) is 0. The third-order valence-corrected chi connectivity index (χ3v) is 13.4. The molecule has 1 aliphatic carbocycles. The summed E-state index contributed by atoms with van der Waals surface area (Å²) in [6, 6.07) is 18.3. The summed E-state index contributed by atoms with van der Waals surface area (Å²) in [6.45, 7) is 9.86. The number of amides is 4. The van der Waals surface area contributed by atoms with Gasteiger partial charge in [0.2, 0.25) is 0 Å². The van der Waals surface area contributed by atoms with Crippen LogP contribution in [0.2, 0.25) is 0 Å². The molecule has 0 spiro atoms. The number of piperidine rings is 2. The van der Waals surface area contributed by atoms with Crippen LogP contribution in [0.3, 0.4) is 0 Å². The van der Waals surface area contributed by atoms with E-state index >= 15 is 0 Å². The second-order valence-corrected chi connectivity index (χ2v) is 17.4. The highest BCUT2D eigenvalue weighted by Crippen LogP contribution is 2.28. The van der Waals surface area contributed by atoms with Gasteiger partial charge in [0.05, 0.1) is 6.54 Å². The van der Waals surface area contributed by atoms with Crippen LogP contribution in [0, 0.1) is 13.8 Å². The summed E-state index contributed by atoms with van der Waals surface area (Å²) in [6.07, 6.45) is 5.98. The molecule has 3 aromatic carbocycles. The fourth-order valence-corrected chi connectivity index (χ4v) is 9.91. The van der Waals surface area contributed by atoms with Crippen LogP contribution >= 0.6 is 0 Å². The van der Waals surface area contributed by atoms with Crippen molar-refractivity contribution in [3.05, 3.63) is 93.5 Å². The van der Waals surface area contributed by atoms with Gasteiger partial charge in [-0.3, -0.25) is 19.4 Å². The van der Waals surface area contributed by atoms with Crippen molar-refractivity contribution < 1.29 is 33.8 Å². The molecule has 0 radical (unpaired) electrons. The molecule has 3 saturated heterocycles. The zero-order valence-corrected chi connectivity index (χ0v) is 35.2. The molecule has 0 saturated carbocycles. The molecule has 1 atom stereocenters. The van der Waals surface area contributed by atoms with E-state index in [0.717, 1.165) is 80.7 Å². The summed E-state index contributed by atoms with van der Waals surface area (Å²) >= 11 is 0. The Labute approximate surface area is 353 Å². The summed E-state index contributed by atoms with van der Waals surface area (Å²) in [5.41, 5.74) is 8.04. The van der Waals surface area contributed by atoms with Crippen molar-refractivity contribution in [3.63, 3.8) is 0 Å². The summed E-state index contributed by atoms with van der Waals surface area (Å²) in [4.78, 5) is 63.9. The van der Waals surface area contributed by atoms with E-state index in [1.165, 1.54) is 17.5 Å². The lowest BCUT2D eigenvalue weighted by molar-refractivity contribution is -0.146. The van der Waals surface area contributed by atoms with Gasteiger partial charge in [0, 0.05) is 83.1 Å². The molecule has 4 aliphatic heterocycles. The molecule has 0 bridgehead atoms. The van der Waals surface area contributed by atoms with E-state index in [1.807, 2.05) is 60.0 Å². The van der Waals surface area contributed by atoms with E-state index in [0.29, 0.717) is 75.9 Å². The van der Waals surface area contributed by atoms with Crippen molar-refractivity contribution in [3.8, 4) is 5.75 Å². The van der Waals surface area contributed by atoms with Crippen LogP contribution in [-0.4, -0.2) is 137 Å². The van der Waals surface area contributed by atoms with Gasteiger partial charge < -0.3 is 34.6 Å². The van der Waals surface area contributed by atoms with Crippen molar-refractivity contribution in [2.45, 2.75) is 96.4 Å².